The lowest BCUT2D eigenvalue weighted by atomic mass is 10.2. The molecule has 0 aromatic rings. The van der Waals surface area contributed by atoms with Crippen molar-refractivity contribution in [1.29, 1.82) is 0 Å². The standard InChI is InChI=1S/C15H21/c1-3-5-7-9-11-13-15-14-12-10-8-6-4-2/h3,5,7,10-15H,1-2,4,6,8-9H2. The molecule has 15 heavy (non-hydrogen) atoms. The van der Waals surface area contributed by atoms with E-state index in [0.717, 1.165) is 19.3 Å². The van der Waals surface area contributed by atoms with Gasteiger partial charge in [-0.1, -0.05) is 74.6 Å². The highest BCUT2D eigenvalue weighted by atomic mass is 13.8. The third-order valence-electron chi connectivity index (χ3n) is 1.77. The maximum Gasteiger partial charge on any atom is -0.0163 e. The topological polar surface area (TPSA) is 0 Å². The molecular weight excluding hydrogens is 180 g/mol. The van der Waals surface area contributed by atoms with Gasteiger partial charge in [0.15, 0.2) is 0 Å². The van der Waals surface area contributed by atoms with E-state index in [1.807, 2.05) is 12.2 Å². The number of allylic oxidation sites excluding steroid dienone is 9. The van der Waals surface area contributed by atoms with Crippen molar-refractivity contribution < 1.29 is 0 Å². The summed E-state index contributed by atoms with van der Waals surface area (Å²) in [6.07, 6.45) is 22.6. The molecule has 1 radical (unpaired) electrons. The van der Waals surface area contributed by atoms with E-state index < -0.39 is 0 Å². The van der Waals surface area contributed by atoms with Crippen LogP contribution >= 0.6 is 0 Å². The summed E-state index contributed by atoms with van der Waals surface area (Å²) >= 11 is 0. The van der Waals surface area contributed by atoms with Gasteiger partial charge in [-0.25, -0.2) is 0 Å². The van der Waals surface area contributed by atoms with E-state index in [-0.39, 0.29) is 0 Å². The summed E-state index contributed by atoms with van der Waals surface area (Å²) in [4.78, 5) is 0. The summed E-state index contributed by atoms with van der Waals surface area (Å²) in [5.41, 5.74) is 0. The van der Waals surface area contributed by atoms with Gasteiger partial charge < -0.3 is 0 Å². The van der Waals surface area contributed by atoms with Crippen LogP contribution in [0.4, 0.5) is 0 Å². The molecule has 81 valence electrons. The zero-order valence-corrected chi connectivity index (χ0v) is 9.44. The van der Waals surface area contributed by atoms with E-state index in [2.05, 4.69) is 50.0 Å². The Hall–Kier alpha value is -1.30. The van der Waals surface area contributed by atoms with Crippen LogP contribution in [0.15, 0.2) is 61.3 Å². The van der Waals surface area contributed by atoms with E-state index in [1.54, 1.807) is 6.08 Å². The molecule has 0 aromatic carbocycles. The zero-order valence-electron chi connectivity index (χ0n) is 9.44. The Morgan fingerprint density at radius 1 is 0.800 bits per heavy atom. The van der Waals surface area contributed by atoms with Crippen LogP contribution in [0.25, 0.3) is 0 Å². The average molecular weight is 201 g/mol. The monoisotopic (exact) mass is 201 g/mol. The highest BCUT2D eigenvalue weighted by Gasteiger charge is 1.74. The average Bonchev–Trinajstić information content (AvgIpc) is 2.26. The van der Waals surface area contributed by atoms with Crippen LogP contribution in [-0.2, 0) is 0 Å². The molecule has 0 saturated heterocycles. The van der Waals surface area contributed by atoms with E-state index in [1.165, 1.54) is 6.42 Å². The molecule has 0 heterocycles. The van der Waals surface area contributed by atoms with Gasteiger partial charge in [0.25, 0.3) is 0 Å². The van der Waals surface area contributed by atoms with Crippen molar-refractivity contribution in [3.05, 3.63) is 68.2 Å². The minimum atomic E-state index is 0.960. The lowest BCUT2D eigenvalue weighted by molar-refractivity contribution is 0.866. The van der Waals surface area contributed by atoms with Gasteiger partial charge in [0, 0.05) is 0 Å². The normalized spacial score (nSPS) is 12.6. The van der Waals surface area contributed by atoms with Gasteiger partial charge >= 0.3 is 0 Å². The van der Waals surface area contributed by atoms with Crippen LogP contribution in [0.1, 0.15) is 25.7 Å². The number of rotatable bonds is 8. The minimum Gasteiger partial charge on any atom is -0.0991 e. The molecule has 0 nitrogen and oxygen atoms in total. The molecule has 0 aromatic heterocycles. The van der Waals surface area contributed by atoms with Crippen LogP contribution in [-0.4, -0.2) is 0 Å². The summed E-state index contributed by atoms with van der Waals surface area (Å²) in [7, 11) is 0. The lowest BCUT2D eigenvalue weighted by Gasteiger charge is -1.85. The van der Waals surface area contributed by atoms with Crippen molar-refractivity contribution in [2.24, 2.45) is 0 Å². The summed E-state index contributed by atoms with van der Waals surface area (Å²) in [6, 6.07) is 0. The zero-order chi connectivity index (χ0) is 11.2. The third kappa shape index (κ3) is 12.7. The first kappa shape index (κ1) is 13.7. The molecule has 0 heteroatoms. The molecule has 0 N–H and O–H groups in total. The van der Waals surface area contributed by atoms with Crippen LogP contribution in [0.2, 0.25) is 0 Å². The quantitative estimate of drug-likeness (QED) is 0.391. The Balaban J connectivity index is 3.48. The van der Waals surface area contributed by atoms with Gasteiger partial charge in [-0.05, 0) is 19.3 Å². The fourth-order valence-electron chi connectivity index (χ4n) is 0.976. The van der Waals surface area contributed by atoms with Gasteiger partial charge in [-0.3, -0.25) is 0 Å². The molecule has 0 atom stereocenters. The number of hydrogen-bond acceptors (Lipinski definition) is 0. The van der Waals surface area contributed by atoms with E-state index >= 15 is 0 Å². The Labute approximate surface area is 94.4 Å². The second kappa shape index (κ2) is 12.7. The molecule has 0 saturated carbocycles. The molecule has 0 unspecified atom stereocenters. The maximum atomic E-state index is 3.79. The highest BCUT2D eigenvalue weighted by Crippen LogP contribution is 1.94. The molecule has 0 aliphatic heterocycles. The first-order chi connectivity index (χ1) is 7.41. The van der Waals surface area contributed by atoms with Crippen molar-refractivity contribution in [2.75, 3.05) is 0 Å². The molecule has 0 aliphatic rings. The van der Waals surface area contributed by atoms with Gasteiger partial charge in [0.1, 0.15) is 0 Å². The Morgan fingerprint density at radius 2 is 1.47 bits per heavy atom. The Morgan fingerprint density at radius 3 is 2.13 bits per heavy atom. The maximum absolute atomic E-state index is 3.79. The van der Waals surface area contributed by atoms with E-state index in [4.69, 9.17) is 0 Å². The van der Waals surface area contributed by atoms with Crippen molar-refractivity contribution >= 4 is 0 Å². The van der Waals surface area contributed by atoms with Crippen molar-refractivity contribution in [1.82, 2.24) is 0 Å². The number of hydrogen-bond donors (Lipinski definition) is 0. The van der Waals surface area contributed by atoms with Gasteiger partial charge in [-0.2, -0.15) is 0 Å². The number of unbranched alkanes of at least 4 members (excludes halogenated alkanes) is 2. The first-order valence-electron chi connectivity index (χ1n) is 5.47. The molecule has 0 bridgehead atoms. The minimum absolute atomic E-state index is 0.960. The van der Waals surface area contributed by atoms with Crippen LogP contribution in [0.3, 0.4) is 0 Å². The van der Waals surface area contributed by atoms with Crippen molar-refractivity contribution in [3.8, 4) is 0 Å². The second-order valence-electron chi connectivity index (χ2n) is 3.14. The third-order valence-corrected chi connectivity index (χ3v) is 1.77. The second-order valence-corrected chi connectivity index (χ2v) is 3.14. The van der Waals surface area contributed by atoms with Gasteiger partial charge in [0.2, 0.25) is 0 Å². The van der Waals surface area contributed by atoms with Gasteiger partial charge in [-0.15, -0.1) is 0 Å². The predicted octanol–water partition coefficient (Wildman–Crippen LogP) is 4.79. The van der Waals surface area contributed by atoms with Crippen LogP contribution in [0, 0.1) is 6.92 Å². The largest absolute Gasteiger partial charge is 0.0991 e. The summed E-state index contributed by atoms with van der Waals surface area (Å²) in [5, 5.41) is 0. The molecule has 0 spiro atoms. The summed E-state index contributed by atoms with van der Waals surface area (Å²) < 4.78 is 0. The fraction of sp³-hybridized carbons (Fsp3) is 0.267. The first-order valence-corrected chi connectivity index (χ1v) is 5.47. The SMILES string of the molecule is [CH2]CCCC=CC=CC=CCC=CC=C. The molecule has 0 amide bonds. The van der Waals surface area contributed by atoms with Crippen molar-refractivity contribution in [3.63, 3.8) is 0 Å². The Kier molecular flexibility index (Phi) is 11.6. The van der Waals surface area contributed by atoms with Gasteiger partial charge in [0.05, 0.1) is 0 Å². The molecule has 0 fully saturated rings. The molecular formula is C15H21. The van der Waals surface area contributed by atoms with E-state index in [0.29, 0.717) is 0 Å². The summed E-state index contributed by atoms with van der Waals surface area (Å²) in [5.74, 6) is 0. The Bertz CT molecular complexity index is 239. The molecule has 0 aliphatic carbocycles. The fourth-order valence-corrected chi connectivity index (χ4v) is 0.976. The van der Waals surface area contributed by atoms with Crippen molar-refractivity contribution in [2.45, 2.75) is 25.7 Å². The van der Waals surface area contributed by atoms with Crippen LogP contribution < -0.4 is 0 Å². The highest BCUT2D eigenvalue weighted by molar-refractivity contribution is 5.12. The van der Waals surface area contributed by atoms with E-state index in [9.17, 15) is 0 Å². The smallest absolute Gasteiger partial charge is 0.0163 e. The molecule has 0 rings (SSSR count). The van der Waals surface area contributed by atoms with Crippen LogP contribution in [0.5, 0.6) is 0 Å². The lowest BCUT2D eigenvalue weighted by Crippen LogP contribution is -1.65. The summed E-state index contributed by atoms with van der Waals surface area (Å²) in [6.45, 7) is 7.40. The predicted molar refractivity (Wildman–Crippen MR) is 70.6 cm³/mol.